The summed E-state index contributed by atoms with van der Waals surface area (Å²) in [6, 6.07) is 18.3. The topological polar surface area (TPSA) is 67.2 Å². The van der Waals surface area contributed by atoms with Crippen molar-refractivity contribution in [3.8, 4) is 0 Å². The van der Waals surface area contributed by atoms with Gasteiger partial charge in [-0.05, 0) is 43.9 Å². The van der Waals surface area contributed by atoms with Crippen molar-refractivity contribution in [1.82, 2.24) is 19.8 Å². The molecule has 1 saturated carbocycles. The molecule has 37 heavy (non-hydrogen) atoms. The number of fused-ring (bicyclic) bond motifs is 1. The summed E-state index contributed by atoms with van der Waals surface area (Å²) < 4.78 is 2.02. The first-order valence-corrected chi connectivity index (χ1v) is 14.0. The fourth-order valence-electron chi connectivity index (χ4n) is 6.06. The molecule has 7 heteroatoms. The van der Waals surface area contributed by atoms with E-state index in [2.05, 4.69) is 59.7 Å². The maximum atomic E-state index is 13.3. The van der Waals surface area contributed by atoms with Crippen molar-refractivity contribution < 1.29 is 9.59 Å². The number of rotatable bonds is 7. The molecule has 2 aliphatic carbocycles. The van der Waals surface area contributed by atoms with Gasteiger partial charge in [-0.1, -0.05) is 78.0 Å². The number of hydrogen-bond acceptors (Lipinski definition) is 5. The second-order valence-electron chi connectivity index (χ2n) is 10.3. The highest BCUT2D eigenvalue weighted by molar-refractivity contribution is 7.99. The average molecular weight is 513 g/mol. The Labute approximate surface area is 221 Å². The molecule has 1 aromatic heterocycles. The Hall–Kier alpha value is -3.16. The van der Waals surface area contributed by atoms with Crippen molar-refractivity contribution in [2.75, 3.05) is 12.3 Å². The number of thioether (sulfide) groups is 1. The number of hydrogen-bond donors (Lipinski definition) is 1. The predicted octanol–water partition coefficient (Wildman–Crippen LogP) is 4.63. The molecule has 2 aromatic carbocycles. The molecule has 1 amide bonds. The van der Waals surface area contributed by atoms with E-state index in [1.54, 1.807) is 0 Å². The third-order valence-corrected chi connectivity index (χ3v) is 9.20. The standard InChI is InChI=1S/C30H32N4O2S/c1-20(22-12-8-13-23(18-22)21-10-4-3-5-11-21)31-27-28(36)30(27)16-9-17-34(30)26(35)19-37-29-32-24-14-6-7-15-25(24)33(29)2/h3-8,10-15,20,23,27,31H,9,16-19H2,1-2H3. The highest BCUT2D eigenvalue weighted by Gasteiger charge is 2.71. The molecule has 3 aromatic rings. The molecule has 1 aliphatic heterocycles. The molecule has 3 aliphatic rings. The summed E-state index contributed by atoms with van der Waals surface area (Å²) in [6.07, 6.45) is 9.08. The lowest BCUT2D eigenvalue weighted by Gasteiger charge is -2.27. The van der Waals surface area contributed by atoms with Crippen LogP contribution in [0.15, 0.2) is 83.6 Å². The number of aryl methyl sites for hydroxylation is 1. The Morgan fingerprint density at radius 1 is 1.19 bits per heavy atom. The number of benzene rings is 2. The summed E-state index contributed by atoms with van der Waals surface area (Å²) in [5.41, 5.74) is 3.89. The fraction of sp³-hybridized carbons (Fsp3) is 0.367. The van der Waals surface area contributed by atoms with Crippen molar-refractivity contribution in [3.63, 3.8) is 0 Å². The summed E-state index contributed by atoms with van der Waals surface area (Å²) in [5.74, 6) is 0.801. The number of imidazole rings is 1. The number of allylic oxidation sites excluding steroid dienone is 3. The molecule has 1 N–H and O–H groups in total. The van der Waals surface area contributed by atoms with Gasteiger partial charge in [0.1, 0.15) is 11.6 Å². The van der Waals surface area contributed by atoms with E-state index >= 15 is 0 Å². The highest BCUT2D eigenvalue weighted by Crippen LogP contribution is 2.47. The molecular weight excluding hydrogens is 480 g/mol. The van der Waals surface area contributed by atoms with Crippen molar-refractivity contribution in [3.05, 3.63) is 84.0 Å². The SMILES string of the molecule is CC(NC1C(=O)C12CCCN2C(=O)CSc1nc2ccccc2n1C)C1=CC=CC(c2ccccc2)C1. The number of likely N-dealkylation sites (tertiary alicyclic amines) is 1. The lowest BCUT2D eigenvalue weighted by Crippen LogP contribution is -2.45. The first-order valence-electron chi connectivity index (χ1n) is 13.1. The number of carbonyl (C=O) groups is 2. The van der Waals surface area contributed by atoms with Gasteiger partial charge >= 0.3 is 0 Å². The summed E-state index contributed by atoms with van der Waals surface area (Å²) in [6.45, 7) is 2.77. The number of ketones is 1. The van der Waals surface area contributed by atoms with Gasteiger partial charge in [-0.3, -0.25) is 14.9 Å². The zero-order chi connectivity index (χ0) is 25.6. The Kier molecular flexibility index (Phi) is 6.29. The van der Waals surface area contributed by atoms with Crippen LogP contribution in [0.1, 0.15) is 37.7 Å². The molecule has 6 nitrogen and oxygen atoms in total. The molecule has 4 atom stereocenters. The lowest BCUT2D eigenvalue weighted by atomic mass is 9.86. The molecule has 190 valence electrons. The zero-order valence-electron chi connectivity index (χ0n) is 21.3. The molecule has 2 fully saturated rings. The Bertz CT molecular complexity index is 1410. The Balaban J connectivity index is 1.10. The van der Waals surface area contributed by atoms with Gasteiger partial charge in [-0.2, -0.15) is 0 Å². The minimum absolute atomic E-state index is 0.0174. The molecule has 6 rings (SSSR count). The Morgan fingerprint density at radius 3 is 2.78 bits per heavy atom. The van der Waals surface area contributed by atoms with Gasteiger partial charge in [-0.15, -0.1) is 0 Å². The maximum Gasteiger partial charge on any atom is 0.233 e. The van der Waals surface area contributed by atoms with Crippen LogP contribution in [0.25, 0.3) is 11.0 Å². The van der Waals surface area contributed by atoms with Gasteiger partial charge in [0.15, 0.2) is 10.9 Å². The van der Waals surface area contributed by atoms with Gasteiger partial charge in [-0.25, -0.2) is 4.98 Å². The van der Waals surface area contributed by atoms with E-state index in [-0.39, 0.29) is 29.5 Å². The van der Waals surface area contributed by atoms with Gasteiger partial charge in [0.2, 0.25) is 5.91 Å². The summed E-state index contributed by atoms with van der Waals surface area (Å²) >= 11 is 1.45. The van der Waals surface area contributed by atoms with Crippen LogP contribution in [0.4, 0.5) is 0 Å². The van der Waals surface area contributed by atoms with E-state index in [1.807, 2.05) is 46.8 Å². The van der Waals surface area contributed by atoms with Crippen LogP contribution in [0.3, 0.4) is 0 Å². The molecule has 4 unspecified atom stereocenters. The monoisotopic (exact) mass is 512 g/mol. The lowest BCUT2D eigenvalue weighted by molar-refractivity contribution is -0.132. The second-order valence-corrected chi connectivity index (χ2v) is 11.3. The van der Waals surface area contributed by atoms with Gasteiger partial charge in [0.25, 0.3) is 0 Å². The number of Topliss-reactive ketones (excluding diaryl/α,β-unsaturated/α-hetero) is 1. The summed E-state index contributed by atoms with van der Waals surface area (Å²) in [7, 11) is 1.97. The van der Waals surface area contributed by atoms with Gasteiger partial charge in [0.05, 0.1) is 16.8 Å². The van der Waals surface area contributed by atoms with Crippen LogP contribution in [0.2, 0.25) is 0 Å². The van der Waals surface area contributed by atoms with Crippen LogP contribution in [0.5, 0.6) is 0 Å². The minimum atomic E-state index is -0.678. The number of aromatic nitrogens is 2. The Morgan fingerprint density at radius 2 is 1.97 bits per heavy atom. The van der Waals surface area contributed by atoms with Crippen molar-refractivity contribution in [1.29, 1.82) is 0 Å². The number of nitrogens with one attached hydrogen (secondary N) is 1. The highest BCUT2D eigenvalue weighted by atomic mass is 32.2. The predicted molar refractivity (Wildman–Crippen MR) is 148 cm³/mol. The van der Waals surface area contributed by atoms with E-state index in [9.17, 15) is 9.59 Å². The van der Waals surface area contributed by atoms with E-state index in [4.69, 9.17) is 0 Å². The smallest absolute Gasteiger partial charge is 0.233 e. The fourth-order valence-corrected chi connectivity index (χ4v) is 6.92. The number of nitrogens with zero attached hydrogens (tertiary/aromatic N) is 3. The van der Waals surface area contributed by atoms with Crippen LogP contribution >= 0.6 is 11.8 Å². The third kappa shape index (κ3) is 4.24. The maximum absolute atomic E-state index is 13.3. The molecule has 0 bridgehead atoms. The van der Waals surface area contributed by atoms with E-state index in [0.717, 1.165) is 35.5 Å². The van der Waals surface area contributed by atoms with Crippen molar-refractivity contribution in [2.24, 2.45) is 7.05 Å². The molecule has 0 radical (unpaired) electrons. The molecule has 1 spiro atoms. The van der Waals surface area contributed by atoms with Crippen LogP contribution in [-0.4, -0.2) is 56.1 Å². The summed E-state index contributed by atoms with van der Waals surface area (Å²) in [4.78, 5) is 33.1. The quantitative estimate of drug-likeness (QED) is 0.468. The van der Waals surface area contributed by atoms with E-state index in [1.165, 1.54) is 22.9 Å². The molecule has 1 saturated heterocycles. The molecular formula is C30H32N4O2S. The normalized spacial score (nSPS) is 25.6. The van der Waals surface area contributed by atoms with E-state index in [0.29, 0.717) is 12.5 Å². The van der Waals surface area contributed by atoms with Crippen LogP contribution < -0.4 is 5.32 Å². The van der Waals surface area contributed by atoms with Gasteiger partial charge < -0.3 is 9.47 Å². The first-order chi connectivity index (χ1) is 18.0. The summed E-state index contributed by atoms with van der Waals surface area (Å²) in [5, 5.41) is 4.41. The van der Waals surface area contributed by atoms with Gasteiger partial charge in [0, 0.05) is 25.6 Å². The first kappa shape index (κ1) is 24.2. The number of amides is 1. The number of carbonyl (C=O) groups excluding carboxylic acids is 2. The van der Waals surface area contributed by atoms with Crippen LogP contribution in [0, 0.1) is 0 Å². The molecule has 2 heterocycles. The minimum Gasteiger partial charge on any atom is -0.327 e. The average Bonchev–Trinajstić information content (AvgIpc) is 3.23. The second kappa shape index (κ2) is 9.62. The van der Waals surface area contributed by atoms with Crippen molar-refractivity contribution >= 4 is 34.5 Å². The largest absolute Gasteiger partial charge is 0.327 e. The zero-order valence-corrected chi connectivity index (χ0v) is 22.1. The van der Waals surface area contributed by atoms with Crippen LogP contribution in [-0.2, 0) is 16.6 Å². The third-order valence-electron chi connectivity index (χ3n) is 8.19. The van der Waals surface area contributed by atoms with E-state index < -0.39 is 5.54 Å². The van der Waals surface area contributed by atoms with Crippen molar-refractivity contribution in [2.45, 2.75) is 54.9 Å². The number of para-hydroxylation sites is 2.